The zero-order valence-electron chi connectivity index (χ0n) is 13.5. The van der Waals surface area contributed by atoms with Crippen LogP contribution in [0.1, 0.15) is 12.8 Å². The highest BCUT2D eigenvalue weighted by molar-refractivity contribution is 6.35. The van der Waals surface area contributed by atoms with Crippen LogP contribution in [0.5, 0.6) is 5.75 Å². The summed E-state index contributed by atoms with van der Waals surface area (Å²) in [5, 5.41) is 3.86. The predicted molar refractivity (Wildman–Crippen MR) is 92.0 cm³/mol. The summed E-state index contributed by atoms with van der Waals surface area (Å²) in [7, 11) is 0. The molecule has 2 aliphatic heterocycles. The van der Waals surface area contributed by atoms with Gasteiger partial charge >= 0.3 is 6.09 Å². The summed E-state index contributed by atoms with van der Waals surface area (Å²) >= 11 is 11.9. The first kappa shape index (κ1) is 16.8. The molecule has 1 aliphatic carbocycles. The first-order valence-corrected chi connectivity index (χ1v) is 9.01. The van der Waals surface area contributed by atoms with E-state index in [4.69, 9.17) is 32.7 Å². The van der Waals surface area contributed by atoms with Gasteiger partial charge in [0.15, 0.2) is 0 Å². The van der Waals surface area contributed by atoms with Gasteiger partial charge in [0.05, 0.1) is 17.2 Å². The van der Waals surface area contributed by atoms with Crippen molar-refractivity contribution in [3.8, 4) is 5.75 Å². The van der Waals surface area contributed by atoms with Crippen LogP contribution in [0, 0.1) is 11.8 Å². The Morgan fingerprint density at radius 3 is 2.76 bits per heavy atom. The van der Waals surface area contributed by atoms with E-state index in [0.717, 1.165) is 0 Å². The van der Waals surface area contributed by atoms with Gasteiger partial charge in [0.25, 0.3) is 0 Å². The molecule has 4 rings (SSSR count). The fourth-order valence-corrected chi connectivity index (χ4v) is 4.15. The number of hydrogen-bond donors (Lipinski definition) is 1. The summed E-state index contributed by atoms with van der Waals surface area (Å²) < 4.78 is 10.7. The molecule has 3 fully saturated rings. The third-order valence-electron chi connectivity index (χ3n) is 5.11. The van der Waals surface area contributed by atoms with Gasteiger partial charge in [-0.3, -0.25) is 4.79 Å². The van der Waals surface area contributed by atoms with Crippen molar-refractivity contribution in [3.05, 3.63) is 28.2 Å². The molecule has 2 amide bonds. The van der Waals surface area contributed by atoms with Crippen LogP contribution in [-0.4, -0.2) is 48.7 Å². The van der Waals surface area contributed by atoms with Crippen molar-refractivity contribution in [3.63, 3.8) is 0 Å². The molecule has 25 heavy (non-hydrogen) atoms. The Labute approximate surface area is 155 Å². The second-order valence-corrected chi connectivity index (χ2v) is 7.93. The average molecular weight is 385 g/mol. The molecule has 2 heterocycles. The number of benzene rings is 1. The fraction of sp³-hybridized carbons (Fsp3) is 0.529. The van der Waals surface area contributed by atoms with E-state index < -0.39 is 0 Å². The van der Waals surface area contributed by atoms with Crippen molar-refractivity contribution >= 4 is 35.2 Å². The van der Waals surface area contributed by atoms with Crippen LogP contribution >= 0.6 is 23.2 Å². The molecule has 0 unspecified atom stereocenters. The molecule has 1 N–H and O–H groups in total. The van der Waals surface area contributed by atoms with Crippen molar-refractivity contribution < 1.29 is 19.1 Å². The summed E-state index contributed by atoms with van der Waals surface area (Å²) in [4.78, 5) is 25.4. The van der Waals surface area contributed by atoms with Crippen molar-refractivity contribution in [2.45, 2.75) is 18.4 Å². The predicted octanol–water partition coefficient (Wildman–Crippen LogP) is 2.72. The van der Waals surface area contributed by atoms with Gasteiger partial charge in [-0.1, -0.05) is 23.2 Å². The highest BCUT2D eigenvalue weighted by Crippen LogP contribution is 2.42. The number of alkyl carbamates (subject to hydrolysis) is 1. The Kier molecular flexibility index (Phi) is 4.20. The minimum atomic E-state index is -0.382. The maximum atomic E-state index is 12.4. The number of ether oxygens (including phenoxy) is 2. The van der Waals surface area contributed by atoms with E-state index in [1.807, 2.05) is 4.90 Å². The minimum Gasteiger partial charge on any atom is -0.492 e. The molecular weight excluding hydrogens is 367 g/mol. The Morgan fingerprint density at radius 1 is 1.36 bits per heavy atom. The van der Waals surface area contributed by atoms with Crippen LogP contribution in [-0.2, 0) is 9.53 Å². The van der Waals surface area contributed by atoms with Crippen molar-refractivity contribution in [2.24, 2.45) is 11.8 Å². The van der Waals surface area contributed by atoms with Crippen molar-refractivity contribution in [1.29, 1.82) is 0 Å². The van der Waals surface area contributed by atoms with Gasteiger partial charge in [0, 0.05) is 29.9 Å². The molecule has 1 aromatic rings. The third kappa shape index (κ3) is 3.25. The van der Waals surface area contributed by atoms with Crippen LogP contribution < -0.4 is 10.1 Å². The van der Waals surface area contributed by atoms with Gasteiger partial charge < -0.3 is 19.7 Å². The number of likely N-dealkylation sites (tertiary alicyclic amines) is 1. The van der Waals surface area contributed by atoms with Crippen LogP contribution in [0.15, 0.2) is 18.2 Å². The Hall–Kier alpha value is -1.66. The summed E-state index contributed by atoms with van der Waals surface area (Å²) in [5.41, 5.74) is -0.309. The zero-order valence-corrected chi connectivity index (χ0v) is 15.0. The van der Waals surface area contributed by atoms with E-state index in [1.54, 1.807) is 18.2 Å². The number of hydrogen-bond acceptors (Lipinski definition) is 4. The van der Waals surface area contributed by atoms with E-state index in [2.05, 4.69) is 5.32 Å². The first-order chi connectivity index (χ1) is 11.9. The molecule has 0 aromatic heterocycles. The monoisotopic (exact) mass is 384 g/mol. The number of carbonyl (C=O) groups is 2. The zero-order chi connectivity index (χ0) is 17.6. The van der Waals surface area contributed by atoms with E-state index >= 15 is 0 Å². The average Bonchev–Trinajstić information content (AvgIpc) is 2.88. The molecule has 1 saturated carbocycles. The molecular formula is C17H18Cl2N2O4. The van der Waals surface area contributed by atoms with Crippen molar-refractivity contribution in [1.82, 2.24) is 10.2 Å². The number of carbonyl (C=O) groups excluding carboxylic acids is 2. The Morgan fingerprint density at radius 2 is 2.12 bits per heavy atom. The summed E-state index contributed by atoms with van der Waals surface area (Å²) in [6.07, 6.45) is 0.943. The number of halogens is 2. The number of nitrogens with zero attached hydrogens (tertiary/aromatic N) is 1. The van der Waals surface area contributed by atoms with Crippen molar-refractivity contribution in [2.75, 3.05) is 26.3 Å². The van der Waals surface area contributed by atoms with Crippen LogP contribution in [0.2, 0.25) is 10.0 Å². The second kappa shape index (κ2) is 6.25. The lowest BCUT2D eigenvalue weighted by Gasteiger charge is -2.47. The van der Waals surface area contributed by atoms with Crippen LogP contribution in [0.3, 0.4) is 0 Å². The topological polar surface area (TPSA) is 67.9 Å². The van der Waals surface area contributed by atoms with Crippen LogP contribution in [0.25, 0.3) is 0 Å². The normalized spacial score (nSPS) is 28.2. The molecule has 134 valence electrons. The highest BCUT2D eigenvalue weighted by atomic mass is 35.5. The Balaban J connectivity index is 1.20. The van der Waals surface area contributed by atoms with Crippen LogP contribution in [0.4, 0.5) is 4.79 Å². The van der Waals surface area contributed by atoms with E-state index in [0.29, 0.717) is 60.9 Å². The number of amides is 2. The minimum absolute atomic E-state index is 0.0189. The van der Waals surface area contributed by atoms with Gasteiger partial charge in [-0.25, -0.2) is 4.79 Å². The largest absolute Gasteiger partial charge is 0.492 e. The molecule has 1 spiro atoms. The van der Waals surface area contributed by atoms with Gasteiger partial charge in [0.1, 0.15) is 12.4 Å². The summed E-state index contributed by atoms with van der Waals surface area (Å²) in [5.74, 6) is 1.05. The lowest BCUT2D eigenvalue weighted by atomic mass is 9.68. The SMILES string of the molecule is O=C1N[C@]2(CO1)C[C@@H](C(=O)N1CC(COc3ccc(Cl)cc3Cl)C1)C2. The van der Waals surface area contributed by atoms with Gasteiger partial charge in [0.2, 0.25) is 5.91 Å². The maximum absolute atomic E-state index is 12.4. The number of cyclic esters (lactones) is 1. The molecule has 0 atom stereocenters. The van der Waals surface area contributed by atoms with E-state index in [1.165, 1.54) is 0 Å². The van der Waals surface area contributed by atoms with Gasteiger partial charge in [-0.15, -0.1) is 0 Å². The molecule has 0 bridgehead atoms. The highest BCUT2D eigenvalue weighted by Gasteiger charge is 2.54. The molecule has 0 radical (unpaired) electrons. The maximum Gasteiger partial charge on any atom is 0.407 e. The lowest BCUT2D eigenvalue weighted by Crippen LogP contribution is -2.61. The molecule has 2 saturated heterocycles. The molecule has 8 heteroatoms. The standard InChI is InChI=1S/C17H18Cl2N2O4/c18-12-1-2-14(13(19)3-12)24-8-10-6-21(7-10)15(22)11-4-17(5-11)9-25-16(23)20-17/h1-3,10-11H,4-9H2,(H,20,23)/t11-,17-. The first-order valence-electron chi connectivity index (χ1n) is 8.26. The number of nitrogens with one attached hydrogen (secondary N) is 1. The molecule has 1 aromatic carbocycles. The van der Waals surface area contributed by atoms with Gasteiger partial charge in [-0.05, 0) is 31.0 Å². The summed E-state index contributed by atoms with van der Waals surface area (Å²) in [6.45, 7) is 2.27. The van der Waals surface area contributed by atoms with Gasteiger partial charge in [-0.2, -0.15) is 0 Å². The fourth-order valence-electron chi connectivity index (χ4n) is 3.68. The quantitative estimate of drug-likeness (QED) is 0.866. The second-order valence-electron chi connectivity index (χ2n) is 7.08. The van der Waals surface area contributed by atoms with E-state index in [-0.39, 0.29) is 23.5 Å². The smallest absolute Gasteiger partial charge is 0.407 e. The third-order valence-corrected chi connectivity index (χ3v) is 5.64. The Bertz CT molecular complexity index is 715. The van der Waals surface area contributed by atoms with E-state index in [9.17, 15) is 9.59 Å². The lowest BCUT2D eigenvalue weighted by molar-refractivity contribution is -0.148. The molecule has 3 aliphatic rings. The molecule has 6 nitrogen and oxygen atoms in total. The summed E-state index contributed by atoms with van der Waals surface area (Å²) in [6, 6.07) is 5.13. The number of rotatable bonds is 4.